The Labute approximate surface area is 111 Å². The second-order valence-electron chi connectivity index (χ2n) is 4.76. The first kappa shape index (κ1) is 13.8. The molecule has 19 heavy (non-hydrogen) atoms. The predicted molar refractivity (Wildman–Crippen MR) is 68.3 cm³/mol. The van der Waals surface area contributed by atoms with E-state index in [0.29, 0.717) is 18.9 Å². The number of carbonyl (C=O) groups is 1. The SMILES string of the molecule is O=C(COc1ccccc1F)NCCC(O)C1CC1. The second kappa shape index (κ2) is 6.52. The summed E-state index contributed by atoms with van der Waals surface area (Å²) in [5.41, 5.74) is 0. The molecule has 0 aromatic heterocycles. The van der Waals surface area contributed by atoms with Crippen LogP contribution in [0.1, 0.15) is 19.3 Å². The van der Waals surface area contributed by atoms with Gasteiger partial charge in [0.15, 0.2) is 18.2 Å². The summed E-state index contributed by atoms with van der Waals surface area (Å²) in [4.78, 5) is 11.5. The van der Waals surface area contributed by atoms with E-state index in [1.807, 2.05) is 0 Å². The van der Waals surface area contributed by atoms with Crippen molar-refractivity contribution < 1.29 is 19.0 Å². The highest BCUT2D eigenvalue weighted by atomic mass is 19.1. The summed E-state index contributed by atoms with van der Waals surface area (Å²) in [6.07, 6.45) is 2.38. The monoisotopic (exact) mass is 267 g/mol. The van der Waals surface area contributed by atoms with Gasteiger partial charge < -0.3 is 15.2 Å². The predicted octanol–water partition coefficient (Wildman–Crippen LogP) is 1.48. The van der Waals surface area contributed by atoms with Gasteiger partial charge in [0.2, 0.25) is 0 Å². The number of amides is 1. The van der Waals surface area contributed by atoms with Crippen LogP contribution in [0, 0.1) is 11.7 Å². The molecule has 0 heterocycles. The minimum atomic E-state index is -0.487. The summed E-state index contributed by atoms with van der Waals surface area (Å²) in [7, 11) is 0. The molecule has 1 saturated carbocycles. The molecular formula is C14H18FNO3. The lowest BCUT2D eigenvalue weighted by atomic mass is 10.2. The van der Waals surface area contributed by atoms with Crippen LogP contribution in [0.4, 0.5) is 4.39 Å². The molecule has 1 aromatic carbocycles. The first-order chi connectivity index (χ1) is 9.16. The minimum absolute atomic E-state index is 0.0654. The van der Waals surface area contributed by atoms with Gasteiger partial charge in [-0.15, -0.1) is 0 Å². The largest absolute Gasteiger partial charge is 0.481 e. The average Bonchev–Trinajstić information content (AvgIpc) is 3.22. The molecule has 4 nitrogen and oxygen atoms in total. The summed E-state index contributed by atoms with van der Waals surface area (Å²) in [6, 6.07) is 5.95. The van der Waals surface area contributed by atoms with E-state index >= 15 is 0 Å². The molecule has 1 fully saturated rings. The molecule has 1 aliphatic rings. The Morgan fingerprint density at radius 1 is 1.47 bits per heavy atom. The highest BCUT2D eigenvalue weighted by molar-refractivity contribution is 5.77. The Balaban J connectivity index is 1.63. The third-order valence-corrected chi connectivity index (χ3v) is 3.12. The van der Waals surface area contributed by atoms with E-state index in [-0.39, 0.29) is 24.4 Å². The molecule has 1 atom stereocenters. The number of nitrogens with one attached hydrogen (secondary N) is 1. The van der Waals surface area contributed by atoms with Gasteiger partial charge in [-0.1, -0.05) is 12.1 Å². The Hall–Kier alpha value is -1.62. The van der Waals surface area contributed by atoms with E-state index in [2.05, 4.69) is 5.32 Å². The molecule has 1 aromatic rings. The van der Waals surface area contributed by atoms with Gasteiger partial charge in [0, 0.05) is 6.54 Å². The van der Waals surface area contributed by atoms with Crippen molar-refractivity contribution in [3.8, 4) is 5.75 Å². The molecule has 0 bridgehead atoms. The molecule has 2 N–H and O–H groups in total. The quantitative estimate of drug-likeness (QED) is 0.786. The maximum absolute atomic E-state index is 13.2. The van der Waals surface area contributed by atoms with Crippen molar-refractivity contribution in [3.05, 3.63) is 30.1 Å². The van der Waals surface area contributed by atoms with Crippen LogP contribution in [0.15, 0.2) is 24.3 Å². The molecule has 1 aliphatic carbocycles. The molecule has 104 valence electrons. The van der Waals surface area contributed by atoms with Gasteiger partial charge >= 0.3 is 0 Å². The fraction of sp³-hybridized carbons (Fsp3) is 0.500. The zero-order valence-electron chi connectivity index (χ0n) is 10.6. The van der Waals surface area contributed by atoms with Gasteiger partial charge in [0.25, 0.3) is 5.91 Å². The standard InChI is InChI=1S/C14H18FNO3/c15-11-3-1-2-4-13(11)19-9-14(18)16-8-7-12(17)10-5-6-10/h1-4,10,12,17H,5-9H2,(H,16,18). The van der Waals surface area contributed by atoms with Crippen molar-refractivity contribution in [2.24, 2.45) is 5.92 Å². The lowest BCUT2D eigenvalue weighted by Crippen LogP contribution is -2.31. The molecule has 5 heteroatoms. The topological polar surface area (TPSA) is 58.6 Å². The highest BCUT2D eigenvalue weighted by Gasteiger charge is 2.29. The molecule has 2 rings (SSSR count). The van der Waals surface area contributed by atoms with Gasteiger partial charge in [-0.3, -0.25) is 4.79 Å². The Morgan fingerprint density at radius 3 is 2.89 bits per heavy atom. The van der Waals surface area contributed by atoms with Crippen LogP contribution in [-0.2, 0) is 4.79 Å². The van der Waals surface area contributed by atoms with Gasteiger partial charge in [0.05, 0.1) is 6.10 Å². The summed E-state index contributed by atoms with van der Waals surface area (Å²) in [5.74, 6) is -0.326. The fourth-order valence-corrected chi connectivity index (χ4v) is 1.83. The Bertz CT molecular complexity index is 434. The number of carbonyl (C=O) groups excluding carboxylic acids is 1. The fourth-order valence-electron chi connectivity index (χ4n) is 1.83. The third kappa shape index (κ3) is 4.52. The number of hydrogen-bond acceptors (Lipinski definition) is 3. The molecule has 1 amide bonds. The van der Waals surface area contributed by atoms with E-state index in [0.717, 1.165) is 12.8 Å². The first-order valence-electron chi connectivity index (χ1n) is 6.49. The lowest BCUT2D eigenvalue weighted by Gasteiger charge is -2.10. The number of rotatable bonds is 7. The number of aliphatic hydroxyl groups excluding tert-OH is 1. The molecular weight excluding hydrogens is 249 g/mol. The van der Waals surface area contributed by atoms with Crippen LogP contribution in [0.25, 0.3) is 0 Å². The molecule has 0 saturated heterocycles. The first-order valence-corrected chi connectivity index (χ1v) is 6.49. The Morgan fingerprint density at radius 2 is 2.21 bits per heavy atom. The van der Waals surface area contributed by atoms with Gasteiger partial charge in [-0.2, -0.15) is 0 Å². The lowest BCUT2D eigenvalue weighted by molar-refractivity contribution is -0.123. The van der Waals surface area contributed by atoms with Crippen molar-refractivity contribution in [3.63, 3.8) is 0 Å². The maximum atomic E-state index is 13.2. The summed E-state index contributed by atoms with van der Waals surface area (Å²) in [6.45, 7) is 0.192. The van der Waals surface area contributed by atoms with Crippen LogP contribution < -0.4 is 10.1 Å². The molecule has 1 unspecified atom stereocenters. The van der Waals surface area contributed by atoms with Gasteiger partial charge in [-0.25, -0.2) is 4.39 Å². The number of hydrogen-bond donors (Lipinski definition) is 2. The van der Waals surface area contributed by atoms with Crippen molar-refractivity contribution in [1.29, 1.82) is 0 Å². The number of halogens is 1. The van der Waals surface area contributed by atoms with Gasteiger partial charge in [0.1, 0.15) is 0 Å². The van der Waals surface area contributed by atoms with E-state index in [1.165, 1.54) is 12.1 Å². The van der Waals surface area contributed by atoms with Crippen molar-refractivity contribution in [2.75, 3.05) is 13.2 Å². The molecule has 0 spiro atoms. The van der Waals surface area contributed by atoms with E-state index < -0.39 is 5.82 Å². The zero-order valence-corrected chi connectivity index (χ0v) is 10.6. The van der Waals surface area contributed by atoms with Gasteiger partial charge in [-0.05, 0) is 37.3 Å². The second-order valence-corrected chi connectivity index (χ2v) is 4.76. The van der Waals surface area contributed by atoms with Crippen LogP contribution in [0.5, 0.6) is 5.75 Å². The number of para-hydroxylation sites is 1. The van der Waals surface area contributed by atoms with Crippen molar-refractivity contribution in [2.45, 2.75) is 25.4 Å². The summed E-state index contributed by atoms with van der Waals surface area (Å²) >= 11 is 0. The average molecular weight is 267 g/mol. The van der Waals surface area contributed by atoms with E-state index in [4.69, 9.17) is 4.74 Å². The number of benzene rings is 1. The Kier molecular flexibility index (Phi) is 4.74. The highest BCUT2D eigenvalue weighted by Crippen LogP contribution is 2.33. The van der Waals surface area contributed by atoms with E-state index in [1.54, 1.807) is 12.1 Å². The zero-order chi connectivity index (χ0) is 13.7. The van der Waals surface area contributed by atoms with Crippen molar-refractivity contribution in [1.82, 2.24) is 5.32 Å². The smallest absolute Gasteiger partial charge is 0.257 e. The number of aliphatic hydroxyl groups is 1. The normalized spacial score (nSPS) is 15.9. The summed E-state index contributed by atoms with van der Waals surface area (Å²) in [5, 5.41) is 12.3. The van der Waals surface area contributed by atoms with Crippen molar-refractivity contribution >= 4 is 5.91 Å². The minimum Gasteiger partial charge on any atom is -0.481 e. The maximum Gasteiger partial charge on any atom is 0.257 e. The molecule has 0 radical (unpaired) electrons. The third-order valence-electron chi connectivity index (χ3n) is 3.12. The van der Waals surface area contributed by atoms with Crippen LogP contribution in [0.2, 0.25) is 0 Å². The summed E-state index contributed by atoms with van der Waals surface area (Å²) < 4.78 is 18.3. The number of ether oxygens (including phenoxy) is 1. The van der Waals surface area contributed by atoms with Crippen LogP contribution >= 0.6 is 0 Å². The van der Waals surface area contributed by atoms with E-state index in [9.17, 15) is 14.3 Å². The molecule has 0 aliphatic heterocycles. The van der Waals surface area contributed by atoms with Crippen LogP contribution in [-0.4, -0.2) is 30.3 Å². The van der Waals surface area contributed by atoms with Crippen LogP contribution in [0.3, 0.4) is 0 Å².